The highest BCUT2D eigenvalue weighted by Gasteiger charge is 2.19. The topological polar surface area (TPSA) is 88.9 Å². The van der Waals surface area contributed by atoms with Crippen molar-refractivity contribution in [1.29, 1.82) is 0 Å². The second-order valence-corrected chi connectivity index (χ2v) is 7.47. The molecule has 0 spiro atoms. The highest BCUT2D eigenvalue weighted by Crippen LogP contribution is 2.26. The fraction of sp³-hybridized carbons (Fsp3) is 0.200. The summed E-state index contributed by atoms with van der Waals surface area (Å²) < 4.78 is 1.37. The lowest BCUT2D eigenvalue weighted by Gasteiger charge is -2.10. The van der Waals surface area contributed by atoms with Gasteiger partial charge in [0, 0.05) is 10.7 Å². The average molecular weight is 432 g/mol. The Bertz CT molecular complexity index is 1090. The molecule has 0 saturated heterocycles. The first-order valence-electron chi connectivity index (χ1n) is 8.78. The van der Waals surface area contributed by atoms with Crippen LogP contribution in [0.5, 0.6) is 0 Å². The number of halogens is 2. The van der Waals surface area contributed by atoms with Gasteiger partial charge >= 0.3 is 0 Å². The van der Waals surface area contributed by atoms with Crippen LogP contribution >= 0.6 is 23.2 Å². The van der Waals surface area contributed by atoms with Crippen molar-refractivity contribution < 1.29 is 9.59 Å². The maximum absolute atomic E-state index is 12.5. The third-order valence-corrected chi connectivity index (χ3v) is 4.89. The number of carbonyl (C=O) groups is 2. The Balaban J connectivity index is 1.70. The predicted octanol–water partition coefficient (Wildman–Crippen LogP) is 4.40. The molecule has 0 atom stereocenters. The van der Waals surface area contributed by atoms with E-state index in [0.717, 1.165) is 16.8 Å². The van der Waals surface area contributed by atoms with Crippen LogP contribution in [0.25, 0.3) is 0 Å². The predicted molar refractivity (Wildman–Crippen MR) is 114 cm³/mol. The molecule has 2 amide bonds. The molecule has 0 unspecified atom stereocenters. The average Bonchev–Trinajstić information content (AvgIpc) is 3.01. The molecule has 0 aliphatic rings. The number of benzene rings is 2. The molecular formula is C20H19Cl2N5O2. The van der Waals surface area contributed by atoms with Gasteiger partial charge in [0.2, 0.25) is 5.91 Å². The van der Waals surface area contributed by atoms with E-state index in [-0.39, 0.29) is 18.1 Å². The Morgan fingerprint density at radius 3 is 2.48 bits per heavy atom. The van der Waals surface area contributed by atoms with Gasteiger partial charge in [-0.15, -0.1) is 5.10 Å². The van der Waals surface area contributed by atoms with Crippen LogP contribution in [0.15, 0.2) is 36.4 Å². The van der Waals surface area contributed by atoms with Crippen LogP contribution < -0.4 is 10.6 Å². The Kier molecular flexibility index (Phi) is 6.20. The zero-order valence-corrected chi connectivity index (χ0v) is 17.6. The smallest absolute Gasteiger partial charge is 0.278 e. The van der Waals surface area contributed by atoms with Gasteiger partial charge in [-0.1, -0.05) is 46.1 Å². The molecule has 7 nitrogen and oxygen atoms in total. The first-order valence-corrected chi connectivity index (χ1v) is 9.54. The molecule has 2 aromatic carbocycles. The molecular weight excluding hydrogens is 413 g/mol. The summed E-state index contributed by atoms with van der Waals surface area (Å²) in [5.41, 5.74) is 3.73. The van der Waals surface area contributed by atoms with E-state index < -0.39 is 5.91 Å². The van der Waals surface area contributed by atoms with Gasteiger partial charge in [-0.25, -0.2) is 4.68 Å². The number of carbonyl (C=O) groups excluding carboxylic acids is 2. The highest BCUT2D eigenvalue weighted by atomic mass is 35.5. The monoisotopic (exact) mass is 431 g/mol. The Hall–Kier alpha value is -2.90. The Morgan fingerprint density at radius 1 is 1.00 bits per heavy atom. The number of nitrogens with one attached hydrogen (secondary N) is 2. The van der Waals surface area contributed by atoms with Crippen molar-refractivity contribution in [3.8, 4) is 0 Å². The molecule has 9 heteroatoms. The summed E-state index contributed by atoms with van der Waals surface area (Å²) in [6, 6.07) is 10.5. The molecule has 0 aliphatic carbocycles. The molecule has 3 rings (SSSR count). The van der Waals surface area contributed by atoms with E-state index in [2.05, 4.69) is 20.9 Å². The second kappa shape index (κ2) is 8.63. The lowest BCUT2D eigenvalue weighted by atomic mass is 10.1. The normalized spacial score (nSPS) is 10.7. The zero-order chi connectivity index (χ0) is 21.1. The minimum Gasteiger partial charge on any atom is -0.324 e. The van der Waals surface area contributed by atoms with E-state index in [1.54, 1.807) is 25.1 Å². The number of hydrogen-bond donors (Lipinski definition) is 2. The summed E-state index contributed by atoms with van der Waals surface area (Å²) in [5.74, 6) is -0.762. The molecule has 2 N–H and O–H groups in total. The quantitative estimate of drug-likeness (QED) is 0.626. The maximum Gasteiger partial charge on any atom is 0.278 e. The molecule has 1 heterocycles. The fourth-order valence-corrected chi connectivity index (χ4v) is 3.11. The molecule has 1 aromatic heterocycles. The molecule has 0 saturated carbocycles. The molecule has 0 aliphatic heterocycles. The van der Waals surface area contributed by atoms with Crippen molar-refractivity contribution in [2.75, 3.05) is 10.6 Å². The molecule has 0 fully saturated rings. The zero-order valence-electron chi connectivity index (χ0n) is 16.1. The van der Waals surface area contributed by atoms with Gasteiger partial charge in [0.15, 0.2) is 5.69 Å². The maximum atomic E-state index is 12.5. The van der Waals surface area contributed by atoms with Gasteiger partial charge in [-0.2, -0.15) is 0 Å². The van der Waals surface area contributed by atoms with Crippen LogP contribution in [0.3, 0.4) is 0 Å². The van der Waals surface area contributed by atoms with Gasteiger partial charge in [0.25, 0.3) is 5.91 Å². The van der Waals surface area contributed by atoms with Gasteiger partial charge in [-0.05, 0) is 50.6 Å². The summed E-state index contributed by atoms with van der Waals surface area (Å²) in [6.07, 6.45) is 0. The van der Waals surface area contributed by atoms with Crippen molar-refractivity contribution in [1.82, 2.24) is 15.0 Å². The van der Waals surface area contributed by atoms with Crippen LogP contribution in [0.2, 0.25) is 10.0 Å². The summed E-state index contributed by atoms with van der Waals surface area (Å²) in [7, 11) is 0. The van der Waals surface area contributed by atoms with Crippen molar-refractivity contribution in [2.45, 2.75) is 27.3 Å². The first-order chi connectivity index (χ1) is 13.7. The number of nitrogens with zero attached hydrogens (tertiary/aromatic N) is 3. The minimum atomic E-state index is -0.493. The van der Waals surface area contributed by atoms with Gasteiger partial charge in [0.05, 0.1) is 16.4 Å². The number of aromatic nitrogens is 3. The highest BCUT2D eigenvalue weighted by molar-refractivity contribution is 6.35. The van der Waals surface area contributed by atoms with E-state index >= 15 is 0 Å². The summed E-state index contributed by atoms with van der Waals surface area (Å²) in [4.78, 5) is 24.9. The van der Waals surface area contributed by atoms with Crippen molar-refractivity contribution in [3.63, 3.8) is 0 Å². The number of amides is 2. The SMILES string of the molecule is Cc1ccc(NC(=O)Cn2nnc(C(=O)Nc3cc(Cl)ccc3Cl)c2C)c(C)c1. The third-order valence-electron chi connectivity index (χ3n) is 4.32. The van der Waals surface area contributed by atoms with Crippen molar-refractivity contribution >= 4 is 46.4 Å². The fourth-order valence-electron chi connectivity index (χ4n) is 2.77. The standard InChI is InChI=1S/C20H19Cl2N5O2/c1-11-4-7-16(12(2)8-11)23-18(28)10-27-13(3)19(25-26-27)20(29)24-17-9-14(21)5-6-15(17)22/h4-9H,10H2,1-3H3,(H,23,28)(H,24,29). The number of rotatable bonds is 5. The van der Waals surface area contributed by atoms with Crippen molar-refractivity contribution in [2.24, 2.45) is 0 Å². The Morgan fingerprint density at radius 2 is 1.76 bits per heavy atom. The molecule has 0 radical (unpaired) electrons. The molecule has 150 valence electrons. The minimum absolute atomic E-state index is 0.0721. The number of hydrogen-bond acceptors (Lipinski definition) is 4. The second-order valence-electron chi connectivity index (χ2n) is 6.63. The lowest BCUT2D eigenvalue weighted by molar-refractivity contribution is -0.117. The number of anilines is 2. The van der Waals surface area contributed by atoms with Crippen LogP contribution in [0, 0.1) is 20.8 Å². The first kappa shape index (κ1) is 20.8. The third kappa shape index (κ3) is 4.93. The van der Waals surface area contributed by atoms with Gasteiger partial charge in [0.1, 0.15) is 6.54 Å². The van der Waals surface area contributed by atoms with E-state index in [0.29, 0.717) is 21.4 Å². The van der Waals surface area contributed by atoms with E-state index in [4.69, 9.17) is 23.2 Å². The van der Waals surface area contributed by atoms with Gasteiger partial charge < -0.3 is 10.6 Å². The van der Waals surface area contributed by atoms with Crippen LogP contribution in [-0.2, 0) is 11.3 Å². The molecule has 3 aromatic rings. The molecule has 0 bridgehead atoms. The van der Waals surface area contributed by atoms with Crippen molar-refractivity contribution in [3.05, 3.63) is 69.0 Å². The van der Waals surface area contributed by atoms with Crippen LogP contribution in [-0.4, -0.2) is 26.8 Å². The van der Waals surface area contributed by atoms with E-state index in [1.807, 2.05) is 32.0 Å². The van der Waals surface area contributed by atoms with E-state index in [1.165, 1.54) is 4.68 Å². The summed E-state index contributed by atoms with van der Waals surface area (Å²) in [5, 5.41) is 14.1. The summed E-state index contributed by atoms with van der Waals surface area (Å²) >= 11 is 12.0. The van der Waals surface area contributed by atoms with Crippen LogP contribution in [0.4, 0.5) is 11.4 Å². The number of aryl methyl sites for hydroxylation is 2. The largest absolute Gasteiger partial charge is 0.324 e. The lowest BCUT2D eigenvalue weighted by Crippen LogP contribution is -2.21. The summed E-state index contributed by atoms with van der Waals surface area (Å²) in [6.45, 7) is 5.50. The Labute approximate surface area is 178 Å². The van der Waals surface area contributed by atoms with Crippen LogP contribution in [0.1, 0.15) is 27.3 Å². The van der Waals surface area contributed by atoms with Gasteiger partial charge in [-0.3, -0.25) is 9.59 Å². The van der Waals surface area contributed by atoms with E-state index in [9.17, 15) is 9.59 Å². The molecule has 29 heavy (non-hydrogen) atoms.